The van der Waals surface area contributed by atoms with E-state index in [4.69, 9.17) is 9.73 Å². The standard InChI is InChI=1S/C18H24N4O4/c23-15-10-16(21(11-15)13-6-2-1-3-7-13)18-19-17(20-26-18)12-5-4-8-14(9-12)22(24)25/h4-5,8-9,13,15-16,22-24H,1-3,6-7,10-11H2. The van der Waals surface area contributed by atoms with E-state index >= 15 is 0 Å². The van der Waals surface area contributed by atoms with Gasteiger partial charge < -0.3 is 14.8 Å². The monoisotopic (exact) mass is 360 g/mol. The van der Waals surface area contributed by atoms with Gasteiger partial charge in [-0.2, -0.15) is 10.2 Å². The van der Waals surface area contributed by atoms with Crippen molar-refractivity contribution in [2.24, 2.45) is 0 Å². The molecular weight excluding hydrogens is 336 g/mol. The Hall–Kier alpha value is -1.84. The molecule has 2 fully saturated rings. The van der Waals surface area contributed by atoms with Crippen molar-refractivity contribution in [1.82, 2.24) is 15.0 Å². The van der Waals surface area contributed by atoms with Crippen molar-refractivity contribution in [3.05, 3.63) is 35.4 Å². The molecule has 4 rings (SSSR count). The Labute approximate surface area is 151 Å². The van der Waals surface area contributed by atoms with Crippen molar-refractivity contribution >= 4 is 5.69 Å². The van der Waals surface area contributed by atoms with Gasteiger partial charge in [-0.25, -0.2) is 5.21 Å². The molecule has 1 aliphatic heterocycles. The highest BCUT2D eigenvalue weighted by molar-refractivity contribution is 5.58. The first-order valence-corrected chi connectivity index (χ1v) is 9.23. The number of likely N-dealkylation sites (tertiary alicyclic amines) is 1. The lowest BCUT2D eigenvalue weighted by atomic mass is 9.94. The Morgan fingerprint density at radius 1 is 1.23 bits per heavy atom. The van der Waals surface area contributed by atoms with Crippen LogP contribution in [0.3, 0.4) is 0 Å². The molecule has 1 saturated carbocycles. The number of benzene rings is 1. The van der Waals surface area contributed by atoms with Crippen LogP contribution in [0.1, 0.15) is 50.5 Å². The fourth-order valence-electron chi connectivity index (χ4n) is 4.18. The van der Waals surface area contributed by atoms with Gasteiger partial charge in [-0.1, -0.05) is 36.6 Å². The average molecular weight is 360 g/mol. The van der Waals surface area contributed by atoms with E-state index in [1.54, 1.807) is 18.2 Å². The maximum absolute atomic E-state index is 11.2. The molecular formula is C18H24N4O4. The van der Waals surface area contributed by atoms with Crippen molar-refractivity contribution in [1.29, 1.82) is 0 Å². The molecule has 0 spiro atoms. The van der Waals surface area contributed by atoms with E-state index in [0.29, 0.717) is 36.3 Å². The number of hydrogen-bond donors (Lipinski definition) is 3. The zero-order valence-corrected chi connectivity index (χ0v) is 14.5. The van der Waals surface area contributed by atoms with Crippen LogP contribution >= 0.6 is 0 Å². The third-order valence-electron chi connectivity index (χ3n) is 5.46. The first-order chi connectivity index (χ1) is 12.6. The second kappa shape index (κ2) is 7.42. The Kier molecular flexibility index (Phi) is 5.01. The zero-order chi connectivity index (χ0) is 18.1. The molecule has 3 N–H and O–H groups in total. The van der Waals surface area contributed by atoms with Gasteiger partial charge in [0.05, 0.1) is 12.1 Å². The second-order valence-corrected chi connectivity index (χ2v) is 7.24. The van der Waals surface area contributed by atoms with Crippen LogP contribution in [0, 0.1) is 5.21 Å². The summed E-state index contributed by atoms with van der Waals surface area (Å²) < 4.78 is 5.51. The Morgan fingerprint density at radius 2 is 2.04 bits per heavy atom. The highest BCUT2D eigenvalue weighted by Crippen LogP contribution is 2.37. The van der Waals surface area contributed by atoms with Crippen LogP contribution in [0.15, 0.2) is 28.8 Å². The van der Waals surface area contributed by atoms with Gasteiger partial charge in [-0.15, -0.1) is 0 Å². The summed E-state index contributed by atoms with van der Waals surface area (Å²) in [5, 5.41) is 33.5. The van der Waals surface area contributed by atoms with Gasteiger partial charge in [0.15, 0.2) is 5.69 Å². The van der Waals surface area contributed by atoms with Crippen molar-refractivity contribution in [3.63, 3.8) is 0 Å². The summed E-state index contributed by atoms with van der Waals surface area (Å²) in [4.78, 5) is 6.83. The summed E-state index contributed by atoms with van der Waals surface area (Å²) in [6.45, 7) is 0.640. The maximum atomic E-state index is 11.2. The number of hydrogen-bond acceptors (Lipinski definition) is 7. The molecule has 3 atom stereocenters. The van der Waals surface area contributed by atoms with Gasteiger partial charge in [0.25, 0.3) is 0 Å². The van der Waals surface area contributed by atoms with E-state index in [0.717, 1.165) is 12.8 Å². The number of aromatic nitrogens is 2. The van der Waals surface area contributed by atoms with Crippen molar-refractivity contribution < 1.29 is 20.1 Å². The highest BCUT2D eigenvalue weighted by atomic mass is 16.8. The van der Waals surface area contributed by atoms with Crippen molar-refractivity contribution in [2.45, 2.75) is 56.7 Å². The summed E-state index contributed by atoms with van der Waals surface area (Å²) in [6.07, 6.45) is 6.22. The molecule has 8 heteroatoms. The third kappa shape index (κ3) is 3.51. The number of aliphatic hydroxyl groups excluding tert-OH is 1. The Balaban J connectivity index is 1.57. The molecule has 26 heavy (non-hydrogen) atoms. The van der Waals surface area contributed by atoms with Crippen LogP contribution in [0.25, 0.3) is 11.4 Å². The number of nitrogens with one attached hydrogen (secondary N) is 1. The first kappa shape index (κ1) is 17.6. The third-order valence-corrected chi connectivity index (χ3v) is 5.46. The molecule has 140 valence electrons. The van der Waals surface area contributed by atoms with Crippen molar-refractivity contribution in [2.75, 3.05) is 6.54 Å². The molecule has 1 aromatic heterocycles. The quantitative estimate of drug-likeness (QED) is 0.710. The number of β-amino-alcohol motifs (C(OH)–C–C–N with tert-alkyl or cyclic N) is 1. The lowest BCUT2D eigenvalue weighted by Gasteiger charge is -2.33. The van der Waals surface area contributed by atoms with Crippen LogP contribution in [-0.2, 0) is 0 Å². The van der Waals surface area contributed by atoms with E-state index in [1.807, 2.05) is 0 Å². The molecule has 1 aromatic carbocycles. The van der Waals surface area contributed by atoms with Gasteiger partial charge in [0, 0.05) is 30.3 Å². The molecule has 2 heterocycles. The largest absolute Gasteiger partial charge is 0.595 e. The second-order valence-electron chi connectivity index (χ2n) is 7.24. The lowest BCUT2D eigenvalue weighted by molar-refractivity contribution is -0.991. The van der Waals surface area contributed by atoms with E-state index in [9.17, 15) is 10.3 Å². The summed E-state index contributed by atoms with van der Waals surface area (Å²) >= 11 is 0. The van der Waals surface area contributed by atoms with Gasteiger partial charge in [0.2, 0.25) is 11.7 Å². The molecule has 2 aliphatic rings. The molecule has 1 aliphatic carbocycles. The lowest BCUT2D eigenvalue weighted by Crippen LogP contribution is -2.99. The number of nitrogens with zero attached hydrogens (tertiary/aromatic N) is 3. The Bertz CT molecular complexity index is 744. The van der Waals surface area contributed by atoms with E-state index in [2.05, 4.69) is 15.0 Å². The summed E-state index contributed by atoms with van der Waals surface area (Å²) in [6, 6.07) is 6.89. The number of aliphatic hydroxyl groups is 1. The number of rotatable bonds is 4. The first-order valence-electron chi connectivity index (χ1n) is 9.23. The summed E-state index contributed by atoms with van der Waals surface area (Å²) in [7, 11) is 0. The summed E-state index contributed by atoms with van der Waals surface area (Å²) in [5.74, 6) is 0.885. The fraction of sp³-hybridized carbons (Fsp3) is 0.556. The predicted molar refractivity (Wildman–Crippen MR) is 92.5 cm³/mol. The Morgan fingerprint density at radius 3 is 2.81 bits per heavy atom. The fourth-order valence-corrected chi connectivity index (χ4v) is 4.18. The molecule has 2 aromatic rings. The SMILES string of the molecule is [O-][NH+](O)c1cccc(-c2noc(C3CC(O)CN3C3CCCCC3)n2)c1. The van der Waals surface area contributed by atoms with E-state index in [-0.39, 0.29) is 17.8 Å². The topological polar surface area (TPSA) is 110 Å². The van der Waals surface area contributed by atoms with Crippen LogP contribution < -0.4 is 5.23 Å². The van der Waals surface area contributed by atoms with Gasteiger partial charge in [-0.05, 0) is 19.3 Å². The average Bonchev–Trinajstić information content (AvgIpc) is 3.29. The van der Waals surface area contributed by atoms with Crippen LogP contribution in [0.5, 0.6) is 0 Å². The van der Waals surface area contributed by atoms with E-state index < -0.39 is 5.23 Å². The van der Waals surface area contributed by atoms with Crippen LogP contribution in [0.2, 0.25) is 0 Å². The molecule has 1 saturated heterocycles. The smallest absolute Gasteiger partial charge is 0.244 e. The zero-order valence-electron chi connectivity index (χ0n) is 14.5. The van der Waals surface area contributed by atoms with Crippen molar-refractivity contribution in [3.8, 4) is 11.4 Å². The molecule has 0 radical (unpaired) electrons. The van der Waals surface area contributed by atoms with E-state index in [1.165, 1.54) is 25.3 Å². The van der Waals surface area contributed by atoms with Gasteiger partial charge in [-0.3, -0.25) is 4.90 Å². The molecule has 0 amide bonds. The minimum absolute atomic E-state index is 0.0722. The normalized spacial score (nSPS) is 26.3. The number of quaternary nitrogens is 1. The molecule has 8 nitrogen and oxygen atoms in total. The van der Waals surface area contributed by atoms with Crippen LogP contribution in [0.4, 0.5) is 5.69 Å². The van der Waals surface area contributed by atoms with Gasteiger partial charge >= 0.3 is 0 Å². The van der Waals surface area contributed by atoms with Gasteiger partial charge in [0.1, 0.15) is 0 Å². The highest BCUT2D eigenvalue weighted by Gasteiger charge is 2.39. The predicted octanol–water partition coefficient (Wildman–Crippen LogP) is 1.58. The maximum Gasteiger partial charge on any atom is 0.244 e. The molecule has 3 unspecified atom stereocenters. The summed E-state index contributed by atoms with van der Waals surface area (Å²) in [5.41, 5.74) is 0.802. The molecule has 0 bridgehead atoms. The van der Waals surface area contributed by atoms with Crippen LogP contribution in [-0.4, -0.2) is 44.0 Å². The minimum atomic E-state index is -0.988. The minimum Gasteiger partial charge on any atom is -0.595 e.